The number of nitrogens with zero attached hydrogens (tertiary/aromatic N) is 6. The van der Waals surface area contributed by atoms with Gasteiger partial charge in [-0.25, -0.2) is 0 Å². The van der Waals surface area contributed by atoms with Crippen molar-refractivity contribution < 1.29 is 14.2 Å². The molecule has 0 radical (unpaired) electrons. The maximum Gasteiger partial charge on any atom is 0.0594 e. The number of ether oxygens (including phenoxy) is 3. The first-order chi connectivity index (χ1) is 14.8. The largest absolute Gasteiger partial charge is 0.379 e. The van der Waals surface area contributed by atoms with Gasteiger partial charge in [0.25, 0.3) is 0 Å². The summed E-state index contributed by atoms with van der Waals surface area (Å²) >= 11 is 0. The lowest BCUT2D eigenvalue weighted by Gasteiger charge is -2.44. The fraction of sp³-hybridized carbons (Fsp3) is 1.00. The quantitative estimate of drug-likeness (QED) is 0.451. The van der Waals surface area contributed by atoms with Crippen LogP contribution in [0.3, 0.4) is 0 Å². The standard InChI is InChI=1S/C21H42N6O3/c1(22-7-13-28-14-8-22)4-25-19-26(5-2-23-9-15-29-16-10-23)21-27(20-25)6-3-24-11-17-30-18-12-24/h1-21H2. The molecule has 4 aliphatic heterocycles. The van der Waals surface area contributed by atoms with Gasteiger partial charge in [-0.1, -0.05) is 0 Å². The van der Waals surface area contributed by atoms with E-state index in [9.17, 15) is 0 Å². The summed E-state index contributed by atoms with van der Waals surface area (Å²) in [7, 11) is 0. The van der Waals surface area contributed by atoms with Gasteiger partial charge in [0, 0.05) is 78.5 Å². The van der Waals surface area contributed by atoms with E-state index in [2.05, 4.69) is 29.4 Å². The summed E-state index contributed by atoms with van der Waals surface area (Å²) in [5, 5.41) is 0. The molecule has 0 bridgehead atoms. The van der Waals surface area contributed by atoms with E-state index in [4.69, 9.17) is 14.2 Å². The van der Waals surface area contributed by atoms with Gasteiger partial charge in [-0.15, -0.1) is 0 Å². The van der Waals surface area contributed by atoms with Crippen molar-refractivity contribution in [3.05, 3.63) is 0 Å². The Morgan fingerprint density at radius 1 is 0.333 bits per heavy atom. The fourth-order valence-electron chi connectivity index (χ4n) is 4.73. The van der Waals surface area contributed by atoms with Gasteiger partial charge < -0.3 is 14.2 Å². The number of rotatable bonds is 9. The molecule has 0 unspecified atom stereocenters. The van der Waals surface area contributed by atoms with Crippen LogP contribution in [0.5, 0.6) is 0 Å². The van der Waals surface area contributed by atoms with E-state index >= 15 is 0 Å². The second-order valence-electron chi connectivity index (χ2n) is 8.97. The molecular weight excluding hydrogens is 384 g/mol. The summed E-state index contributed by atoms with van der Waals surface area (Å²) in [5.74, 6) is 0. The molecule has 4 rings (SSSR count). The van der Waals surface area contributed by atoms with Crippen LogP contribution in [-0.2, 0) is 14.2 Å². The molecule has 0 aliphatic carbocycles. The summed E-state index contributed by atoms with van der Waals surface area (Å²) in [6.07, 6.45) is 0. The Hall–Kier alpha value is -0.360. The van der Waals surface area contributed by atoms with E-state index in [1.807, 2.05) is 0 Å². The van der Waals surface area contributed by atoms with Gasteiger partial charge in [-0.3, -0.25) is 29.4 Å². The van der Waals surface area contributed by atoms with Crippen molar-refractivity contribution in [3.63, 3.8) is 0 Å². The van der Waals surface area contributed by atoms with Crippen molar-refractivity contribution in [2.24, 2.45) is 0 Å². The smallest absolute Gasteiger partial charge is 0.0594 e. The van der Waals surface area contributed by atoms with Crippen LogP contribution < -0.4 is 0 Å². The van der Waals surface area contributed by atoms with Gasteiger partial charge in [0.2, 0.25) is 0 Å². The third kappa shape index (κ3) is 7.65. The van der Waals surface area contributed by atoms with Gasteiger partial charge in [-0.2, -0.15) is 0 Å². The molecule has 4 heterocycles. The van der Waals surface area contributed by atoms with Crippen molar-refractivity contribution in [2.45, 2.75) is 0 Å². The SMILES string of the molecule is C1CN(CCN2CN(CCN3CCOCC3)CN(CCN3CCOCC3)C2)CCO1. The fourth-order valence-corrected chi connectivity index (χ4v) is 4.73. The monoisotopic (exact) mass is 426 g/mol. The van der Waals surface area contributed by atoms with Crippen LogP contribution >= 0.6 is 0 Å². The second kappa shape index (κ2) is 12.6. The minimum atomic E-state index is 0.886. The Morgan fingerprint density at radius 3 is 0.833 bits per heavy atom. The van der Waals surface area contributed by atoms with Crippen LogP contribution in [0, 0.1) is 0 Å². The van der Waals surface area contributed by atoms with Crippen LogP contribution in [-0.4, -0.2) is 168 Å². The molecule has 4 aliphatic rings. The van der Waals surface area contributed by atoms with Crippen LogP contribution in [0.15, 0.2) is 0 Å². The van der Waals surface area contributed by atoms with Crippen molar-refractivity contribution in [1.29, 1.82) is 0 Å². The third-order valence-electron chi connectivity index (χ3n) is 6.71. The molecule has 0 amide bonds. The van der Waals surface area contributed by atoms with E-state index in [0.29, 0.717) is 0 Å². The number of hydrogen-bond acceptors (Lipinski definition) is 9. The zero-order valence-corrected chi connectivity index (χ0v) is 18.8. The molecule has 0 aromatic rings. The molecule has 9 nitrogen and oxygen atoms in total. The molecule has 0 aromatic heterocycles. The number of hydrogen-bond donors (Lipinski definition) is 0. The van der Waals surface area contributed by atoms with Gasteiger partial charge in [0.05, 0.1) is 59.6 Å². The summed E-state index contributed by atoms with van der Waals surface area (Å²) in [6.45, 7) is 21.9. The molecule has 30 heavy (non-hydrogen) atoms. The summed E-state index contributed by atoms with van der Waals surface area (Å²) in [4.78, 5) is 15.6. The molecule has 0 saturated carbocycles. The Morgan fingerprint density at radius 2 is 0.567 bits per heavy atom. The maximum absolute atomic E-state index is 5.51. The summed E-state index contributed by atoms with van der Waals surface area (Å²) < 4.78 is 16.5. The molecule has 0 N–H and O–H groups in total. The Labute approximate surface area is 182 Å². The highest BCUT2D eigenvalue weighted by Gasteiger charge is 2.25. The summed E-state index contributed by atoms with van der Waals surface area (Å²) in [6, 6.07) is 0. The highest BCUT2D eigenvalue weighted by molar-refractivity contribution is 4.75. The molecule has 0 atom stereocenters. The lowest BCUT2D eigenvalue weighted by molar-refractivity contribution is -0.0491. The van der Waals surface area contributed by atoms with Crippen LogP contribution in [0.1, 0.15) is 0 Å². The second-order valence-corrected chi connectivity index (χ2v) is 8.97. The third-order valence-corrected chi connectivity index (χ3v) is 6.71. The zero-order chi connectivity index (χ0) is 20.4. The van der Waals surface area contributed by atoms with Crippen molar-refractivity contribution in [1.82, 2.24) is 29.4 Å². The van der Waals surface area contributed by atoms with E-state index in [0.717, 1.165) is 138 Å². The van der Waals surface area contributed by atoms with Gasteiger partial charge in [0.1, 0.15) is 0 Å². The van der Waals surface area contributed by atoms with E-state index in [-0.39, 0.29) is 0 Å². The Balaban J connectivity index is 1.24. The van der Waals surface area contributed by atoms with Crippen molar-refractivity contribution >= 4 is 0 Å². The predicted molar refractivity (Wildman–Crippen MR) is 116 cm³/mol. The molecule has 0 aromatic carbocycles. The molecule has 4 saturated heterocycles. The Kier molecular flexibility index (Phi) is 9.60. The topological polar surface area (TPSA) is 47.1 Å². The first kappa shape index (κ1) is 22.8. The molecule has 9 heteroatoms. The average Bonchev–Trinajstić information content (AvgIpc) is 2.82. The zero-order valence-electron chi connectivity index (χ0n) is 18.8. The minimum absolute atomic E-state index is 0.886. The highest BCUT2D eigenvalue weighted by atomic mass is 16.5. The lowest BCUT2D eigenvalue weighted by Crippen LogP contribution is -2.58. The first-order valence-corrected chi connectivity index (χ1v) is 11.9. The van der Waals surface area contributed by atoms with E-state index in [1.165, 1.54) is 0 Å². The van der Waals surface area contributed by atoms with Gasteiger partial charge in [0.15, 0.2) is 0 Å². The van der Waals surface area contributed by atoms with Crippen LogP contribution in [0.25, 0.3) is 0 Å². The molecule has 0 spiro atoms. The van der Waals surface area contributed by atoms with Crippen LogP contribution in [0.4, 0.5) is 0 Å². The minimum Gasteiger partial charge on any atom is -0.379 e. The molecule has 174 valence electrons. The maximum atomic E-state index is 5.51. The first-order valence-electron chi connectivity index (χ1n) is 11.9. The van der Waals surface area contributed by atoms with Gasteiger partial charge in [-0.05, 0) is 0 Å². The average molecular weight is 427 g/mol. The number of morpholine rings is 3. The molecular formula is C21H42N6O3. The van der Waals surface area contributed by atoms with Gasteiger partial charge >= 0.3 is 0 Å². The predicted octanol–water partition coefficient (Wildman–Crippen LogP) is -1.22. The van der Waals surface area contributed by atoms with E-state index in [1.54, 1.807) is 0 Å². The lowest BCUT2D eigenvalue weighted by atomic mass is 10.3. The Bertz CT molecular complexity index is 397. The normalized spacial score (nSPS) is 27.6. The van der Waals surface area contributed by atoms with E-state index < -0.39 is 0 Å². The summed E-state index contributed by atoms with van der Waals surface area (Å²) in [5.41, 5.74) is 0. The van der Waals surface area contributed by atoms with Crippen molar-refractivity contribution in [2.75, 3.05) is 138 Å². The highest BCUT2D eigenvalue weighted by Crippen LogP contribution is 2.10. The van der Waals surface area contributed by atoms with Crippen LogP contribution in [0.2, 0.25) is 0 Å². The van der Waals surface area contributed by atoms with Crippen molar-refractivity contribution in [3.8, 4) is 0 Å². The molecule has 4 fully saturated rings.